The van der Waals surface area contributed by atoms with Crippen LogP contribution in [0, 0.1) is 6.92 Å². The minimum Gasteiger partial charge on any atom is -0.481 e. The third-order valence-corrected chi connectivity index (χ3v) is 4.48. The molecule has 2 N–H and O–H groups in total. The lowest BCUT2D eigenvalue weighted by molar-refractivity contribution is -0.128. The molecule has 0 saturated heterocycles. The SMILES string of the molecule is CCC(Oc1ccc(-c2ccccc2)cc1)C(=O)NNC(=O)c1cccc(C)c1. The number of amides is 2. The van der Waals surface area contributed by atoms with Crippen LogP contribution in [0.2, 0.25) is 0 Å². The predicted molar refractivity (Wildman–Crippen MR) is 113 cm³/mol. The molecule has 5 heteroatoms. The fourth-order valence-electron chi connectivity index (χ4n) is 2.90. The van der Waals surface area contributed by atoms with Crippen molar-refractivity contribution in [3.8, 4) is 16.9 Å². The number of carbonyl (C=O) groups is 2. The van der Waals surface area contributed by atoms with Crippen molar-refractivity contribution in [2.45, 2.75) is 26.4 Å². The molecular formula is C24H24N2O3. The second-order valence-electron chi connectivity index (χ2n) is 6.72. The van der Waals surface area contributed by atoms with Gasteiger partial charge in [-0.1, -0.05) is 67.1 Å². The second-order valence-corrected chi connectivity index (χ2v) is 6.72. The second kappa shape index (κ2) is 9.55. The highest BCUT2D eigenvalue weighted by molar-refractivity contribution is 5.95. The van der Waals surface area contributed by atoms with E-state index in [4.69, 9.17) is 4.74 Å². The third kappa shape index (κ3) is 5.45. The molecule has 1 atom stereocenters. The molecule has 3 rings (SSSR count). The van der Waals surface area contributed by atoms with E-state index in [-0.39, 0.29) is 5.91 Å². The van der Waals surface area contributed by atoms with Gasteiger partial charge in [0.2, 0.25) is 0 Å². The molecule has 0 spiro atoms. The molecule has 0 aliphatic rings. The summed E-state index contributed by atoms with van der Waals surface area (Å²) in [5.41, 5.74) is 8.52. The molecule has 148 valence electrons. The fraction of sp³-hybridized carbons (Fsp3) is 0.167. The Morgan fingerprint density at radius 2 is 1.55 bits per heavy atom. The van der Waals surface area contributed by atoms with E-state index in [0.29, 0.717) is 17.7 Å². The van der Waals surface area contributed by atoms with E-state index in [1.165, 1.54) is 0 Å². The van der Waals surface area contributed by atoms with Gasteiger partial charge in [0.15, 0.2) is 6.10 Å². The first kappa shape index (κ1) is 20.1. The summed E-state index contributed by atoms with van der Waals surface area (Å²) in [6.07, 6.45) is -0.248. The van der Waals surface area contributed by atoms with Crippen molar-refractivity contribution in [3.63, 3.8) is 0 Å². The largest absolute Gasteiger partial charge is 0.481 e. The minimum atomic E-state index is -0.713. The fourth-order valence-corrected chi connectivity index (χ4v) is 2.90. The number of nitrogens with one attached hydrogen (secondary N) is 2. The molecule has 0 aromatic heterocycles. The van der Waals surface area contributed by atoms with Gasteiger partial charge < -0.3 is 4.74 Å². The van der Waals surface area contributed by atoms with Crippen molar-refractivity contribution in [2.75, 3.05) is 0 Å². The number of benzene rings is 3. The first-order valence-electron chi connectivity index (χ1n) is 9.56. The number of hydrazine groups is 1. The van der Waals surface area contributed by atoms with Crippen LogP contribution in [0.1, 0.15) is 29.3 Å². The van der Waals surface area contributed by atoms with Crippen LogP contribution in [0.25, 0.3) is 11.1 Å². The van der Waals surface area contributed by atoms with E-state index < -0.39 is 12.0 Å². The average Bonchev–Trinajstić information content (AvgIpc) is 2.76. The van der Waals surface area contributed by atoms with Crippen LogP contribution in [0.4, 0.5) is 0 Å². The lowest BCUT2D eigenvalue weighted by Crippen LogP contribution is -2.47. The minimum absolute atomic E-state index is 0.371. The van der Waals surface area contributed by atoms with Gasteiger partial charge in [-0.15, -0.1) is 0 Å². The first-order chi connectivity index (χ1) is 14.1. The lowest BCUT2D eigenvalue weighted by atomic mass is 10.1. The van der Waals surface area contributed by atoms with Crippen molar-refractivity contribution >= 4 is 11.8 Å². The smallest absolute Gasteiger partial charge is 0.279 e. The zero-order chi connectivity index (χ0) is 20.6. The van der Waals surface area contributed by atoms with E-state index in [0.717, 1.165) is 16.7 Å². The van der Waals surface area contributed by atoms with E-state index in [1.54, 1.807) is 18.2 Å². The Morgan fingerprint density at radius 3 is 2.21 bits per heavy atom. The maximum absolute atomic E-state index is 12.4. The summed E-state index contributed by atoms with van der Waals surface area (Å²) in [7, 11) is 0. The van der Waals surface area contributed by atoms with E-state index in [2.05, 4.69) is 10.9 Å². The molecule has 0 fully saturated rings. The van der Waals surface area contributed by atoms with Gasteiger partial charge in [-0.05, 0) is 48.7 Å². The van der Waals surface area contributed by atoms with E-state index >= 15 is 0 Å². The molecule has 0 radical (unpaired) electrons. The van der Waals surface area contributed by atoms with Crippen molar-refractivity contribution in [1.82, 2.24) is 10.9 Å². The van der Waals surface area contributed by atoms with Gasteiger partial charge in [0, 0.05) is 5.56 Å². The van der Waals surface area contributed by atoms with Gasteiger partial charge in [0.05, 0.1) is 0 Å². The molecule has 2 amide bonds. The van der Waals surface area contributed by atoms with Crippen molar-refractivity contribution in [1.29, 1.82) is 0 Å². The molecule has 0 aliphatic carbocycles. The molecule has 0 heterocycles. The molecular weight excluding hydrogens is 364 g/mol. The maximum atomic E-state index is 12.4. The number of aryl methyl sites for hydroxylation is 1. The normalized spacial score (nSPS) is 11.4. The predicted octanol–water partition coefficient (Wildman–Crippen LogP) is 4.28. The van der Waals surface area contributed by atoms with Gasteiger partial charge in [-0.3, -0.25) is 20.4 Å². The number of rotatable bonds is 6. The third-order valence-electron chi connectivity index (χ3n) is 4.48. The summed E-state index contributed by atoms with van der Waals surface area (Å²) in [4.78, 5) is 24.6. The quantitative estimate of drug-likeness (QED) is 0.620. The molecule has 3 aromatic rings. The molecule has 29 heavy (non-hydrogen) atoms. The summed E-state index contributed by atoms with van der Waals surface area (Å²) in [5, 5.41) is 0. The Kier molecular flexibility index (Phi) is 6.63. The standard InChI is InChI=1S/C24H24N2O3/c1-3-22(24(28)26-25-23(27)20-11-7-8-17(2)16-20)29-21-14-12-19(13-15-21)18-9-5-4-6-10-18/h4-16,22H,3H2,1-2H3,(H,25,27)(H,26,28). The van der Waals surface area contributed by atoms with Crippen LogP contribution in [-0.4, -0.2) is 17.9 Å². The first-order valence-corrected chi connectivity index (χ1v) is 9.56. The maximum Gasteiger partial charge on any atom is 0.279 e. The van der Waals surface area contributed by atoms with Crippen LogP contribution >= 0.6 is 0 Å². The summed E-state index contributed by atoms with van der Waals surface area (Å²) in [6, 6.07) is 24.7. The van der Waals surface area contributed by atoms with Crippen molar-refractivity contribution in [2.24, 2.45) is 0 Å². The Bertz CT molecular complexity index is 969. The van der Waals surface area contributed by atoms with Gasteiger partial charge in [-0.2, -0.15) is 0 Å². The zero-order valence-electron chi connectivity index (χ0n) is 16.5. The van der Waals surface area contributed by atoms with E-state index in [1.807, 2.05) is 74.5 Å². The molecule has 5 nitrogen and oxygen atoms in total. The van der Waals surface area contributed by atoms with Crippen molar-refractivity contribution in [3.05, 3.63) is 90.0 Å². The molecule has 0 bridgehead atoms. The number of hydrogen-bond donors (Lipinski definition) is 2. The van der Waals surface area contributed by atoms with Crippen LogP contribution in [0.15, 0.2) is 78.9 Å². The van der Waals surface area contributed by atoms with Crippen molar-refractivity contribution < 1.29 is 14.3 Å². The van der Waals surface area contributed by atoms with Gasteiger partial charge in [0.25, 0.3) is 11.8 Å². The number of hydrogen-bond acceptors (Lipinski definition) is 3. The van der Waals surface area contributed by atoms with Gasteiger partial charge in [-0.25, -0.2) is 0 Å². The molecule has 0 saturated carbocycles. The summed E-state index contributed by atoms with van der Waals surface area (Å²) >= 11 is 0. The van der Waals surface area contributed by atoms with Crippen LogP contribution in [-0.2, 0) is 4.79 Å². The summed E-state index contributed by atoms with van der Waals surface area (Å²) in [5.74, 6) is -0.179. The number of carbonyl (C=O) groups excluding carboxylic acids is 2. The highest BCUT2D eigenvalue weighted by atomic mass is 16.5. The highest BCUT2D eigenvalue weighted by Gasteiger charge is 2.19. The van der Waals surface area contributed by atoms with Crippen LogP contribution < -0.4 is 15.6 Å². The zero-order valence-corrected chi connectivity index (χ0v) is 16.5. The Hall–Kier alpha value is -3.60. The van der Waals surface area contributed by atoms with E-state index in [9.17, 15) is 9.59 Å². The highest BCUT2D eigenvalue weighted by Crippen LogP contribution is 2.23. The molecule has 3 aromatic carbocycles. The molecule has 1 unspecified atom stereocenters. The monoisotopic (exact) mass is 388 g/mol. The topological polar surface area (TPSA) is 67.4 Å². The van der Waals surface area contributed by atoms with Gasteiger partial charge in [0.1, 0.15) is 5.75 Å². The Morgan fingerprint density at radius 1 is 0.862 bits per heavy atom. The summed E-state index contributed by atoms with van der Waals surface area (Å²) < 4.78 is 5.81. The van der Waals surface area contributed by atoms with Crippen LogP contribution in [0.3, 0.4) is 0 Å². The van der Waals surface area contributed by atoms with Gasteiger partial charge >= 0.3 is 0 Å². The Balaban J connectivity index is 1.57. The van der Waals surface area contributed by atoms with Crippen LogP contribution in [0.5, 0.6) is 5.75 Å². The molecule has 0 aliphatic heterocycles. The summed E-state index contributed by atoms with van der Waals surface area (Å²) in [6.45, 7) is 3.75. The lowest BCUT2D eigenvalue weighted by Gasteiger charge is -2.18. The number of ether oxygens (including phenoxy) is 1. The Labute approximate surface area is 170 Å². The average molecular weight is 388 g/mol.